The Bertz CT molecular complexity index is 99.6. The van der Waals surface area contributed by atoms with Crippen molar-refractivity contribution in [2.75, 3.05) is 13.1 Å². The number of unbranched alkanes of at least 4 members (excludes halogenated alkanes) is 2. The van der Waals surface area contributed by atoms with Crippen molar-refractivity contribution >= 4 is 0 Å². The summed E-state index contributed by atoms with van der Waals surface area (Å²) >= 11 is 0. The van der Waals surface area contributed by atoms with Crippen LogP contribution in [0.1, 0.15) is 46.5 Å². The Hall–Kier alpha value is -0.460. The molecule has 0 bridgehead atoms. The van der Waals surface area contributed by atoms with Crippen LogP contribution in [0.25, 0.3) is 0 Å². The molecule has 0 aliphatic rings. The molecule has 0 heterocycles. The van der Waals surface area contributed by atoms with Crippen LogP contribution in [0.3, 0.4) is 0 Å². The Morgan fingerprint density at radius 3 is 1.83 bits per heavy atom. The van der Waals surface area contributed by atoms with Gasteiger partial charge in [-0.15, -0.1) is 0 Å². The standard InChI is InChI=1S/C11H23N/c1-4-7-10-12(9-6-3)11-8-5-2/h6,9H,4-5,7-8,10-11H2,1-3H3/b9-6+. The number of allylic oxidation sites excluding steroid dienone is 1. The lowest BCUT2D eigenvalue weighted by Crippen LogP contribution is -2.19. The second kappa shape index (κ2) is 8.63. The lowest BCUT2D eigenvalue weighted by molar-refractivity contribution is 0.359. The quantitative estimate of drug-likeness (QED) is 0.564. The number of hydrogen-bond donors (Lipinski definition) is 0. The number of rotatable bonds is 7. The molecule has 12 heavy (non-hydrogen) atoms. The average molecular weight is 169 g/mol. The van der Waals surface area contributed by atoms with Crippen molar-refractivity contribution in [1.29, 1.82) is 0 Å². The van der Waals surface area contributed by atoms with Crippen LogP contribution >= 0.6 is 0 Å². The van der Waals surface area contributed by atoms with Gasteiger partial charge in [-0.1, -0.05) is 32.8 Å². The van der Waals surface area contributed by atoms with Crippen molar-refractivity contribution < 1.29 is 0 Å². The zero-order chi connectivity index (χ0) is 9.23. The van der Waals surface area contributed by atoms with Crippen molar-refractivity contribution in [2.24, 2.45) is 0 Å². The lowest BCUT2D eigenvalue weighted by Gasteiger charge is -2.19. The Morgan fingerprint density at radius 1 is 1.00 bits per heavy atom. The molecule has 0 aromatic carbocycles. The van der Waals surface area contributed by atoms with Gasteiger partial charge in [0.15, 0.2) is 0 Å². The molecule has 1 heteroatoms. The first-order valence-corrected chi connectivity index (χ1v) is 5.22. The van der Waals surface area contributed by atoms with Gasteiger partial charge in [0.2, 0.25) is 0 Å². The lowest BCUT2D eigenvalue weighted by atomic mass is 10.3. The Kier molecular flexibility index (Phi) is 8.30. The zero-order valence-corrected chi connectivity index (χ0v) is 8.84. The molecule has 0 fully saturated rings. The molecule has 0 aliphatic heterocycles. The summed E-state index contributed by atoms with van der Waals surface area (Å²) in [6, 6.07) is 0. The Morgan fingerprint density at radius 2 is 1.50 bits per heavy atom. The highest BCUT2D eigenvalue weighted by atomic mass is 15.1. The second-order valence-corrected chi connectivity index (χ2v) is 3.23. The number of hydrogen-bond acceptors (Lipinski definition) is 1. The molecule has 0 saturated carbocycles. The van der Waals surface area contributed by atoms with Crippen molar-refractivity contribution in [3.05, 3.63) is 12.3 Å². The van der Waals surface area contributed by atoms with Crippen molar-refractivity contribution in [3.8, 4) is 0 Å². The monoisotopic (exact) mass is 169 g/mol. The van der Waals surface area contributed by atoms with Gasteiger partial charge in [0, 0.05) is 13.1 Å². The van der Waals surface area contributed by atoms with E-state index in [-0.39, 0.29) is 0 Å². The molecule has 0 saturated heterocycles. The summed E-state index contributed by atoms with van der Waals surface area (Å²) in [6.07, 6.45) is 9.55. The molecular weight excluding hydrogens is 146 g/mol. The molecule has 0 aliphatic carbocycles. The molecular formula is C11H23N. The molecule has 0 aromatic rings. The fraction of sp³-hybridized carbons (Fsp3) is 0.818. The van der Waals surface area contributed by atoms with E-state index in [0.717, 1.165) is 0 Å². The van der Waals surface area contributed by atoms with E-state index in [9.17, 15) is 0 Å². The van der Waals surface area contributed by atoms with E-state index in [4.69, 9.17) is 0 Å². The SMILES string of the molecule is C/C=C/N(CCCC)CCCC. The molecule has 0 atom stereocenters. The summed E-state index contributed by atoms with van der Waals surface area (Å²) in [4.78, 5) is 2.42. The fourth-order valence-corrected chi connectivity index (χ4v) is 1.19. The summed E-state index contributed by atoms with van der Waals surface area (Å²) in [5.41, 5.74) is 0. The van der Waals surface area contributed by atoms with Gasteiger partial charge in [-0.2, -0.15) is 0 Å². The average Bonchev–Trinajstić information content (AvgIpc) is 2.10. The molecule has 0 aromatic heterocycles. The van der Waals surface area contributed by atoms with E-state index in [0.29, 0.717) is 0 Å². The van der Waals surface area contributed by atoms with Crippen LogP contribution in [0.2, 0.25) is 0 Å². The van der Waals surface area contributed by atoms with Gasteiger partial charge in [0.05, 0.1) is 0 Å². The first-order valence-electron chi connectivity index (χ1n) is 5.22. The van der Waals surface area contributed by atoms with Gasteiger partial charge in [-0.25, -0.2) is 0 Å². The van der Waals surface area contributed by atoms with E-state index >= 15 is 0 Å². The topological polar surface area (TPSA) is 3.24 Å². The van der Waals surface area contributed by atoms with Gasteiger partial charge >= 0.3 is 0 Å². The predicted molar refractivity (Wildman–Crippen MR) is 56.2 cm³/mol. The highest BCUT2D eigenvalue weighted by Crippen LogP contribution is 1.99. The summed E-state index contributed by atoms with van der Waals surface area (Å²) < 4.78 is 0. The van der Waals surface area contributed by atoms with E-state index in [2.05, 4.69) is 37.9 Å². The minimum atomic E-state index is 1.22. The molecule has 72 valence electrons. The van der Waals surface area contributed by atoms with Crippen LogP contribution in [0, 0.1) is 0 Å². The molecule has 0 N–H and O–H groups in total. The van der Waals surface area contributed by atoms with Crippen LogP contribution in [0.15, 0.2) is 12.3 Å². The third-order valence-corrected chi connectivity index (χ3v) is 1.96. The van der Waals surface area contributed by atoms with Crippen LogP contribution in [0.4, 0.5) is 0 Å². The minimum absolute atomic E-state index is 1.22. The molecule has 0 rings (SSSR count). The maximum Gasteiger partial charge on any atom is 0.0172 e. The smallest absolute Gasteiger partial charge is 0.0172 e. The van der Waals surface area contributed by atoms with Gasteiger partial charge < -0.3 is 4.90 Å². The molecule has 1 nitrogen and oxygen atoms in total. The van der Waals surface area contributed by atoms with Crippen molar-refractivity contribution in [2.45, 2.75) is 46.5 Å². The van der Waals surface area contributed by atoms with Gasteiger partial charge in [0.1, 0.15) is 0 Å². The highest BCUT2D eigenvalue weighted by Gasteiger charge is 1.95. The van der Waals surface area contributed by atoms with Gasteiger partial charge in [-0.05, 0) is 26.0 Å². The van der Waals surface area contributed by atoms with E-state index in [1.807, 2.05) is 0 Å². The van der Waals surface area contributed by atoms with Gasteiger partial charge in [0.25, 0.3) is 0 Å². The molecule has 0 unspecified atom stereocenters. The molecule has 0 amide bonds. The maximum atomic E-state index is 2.42. The zero-order valence-electron chi connectivity index (χ0n) is 8.84. The van der Waals surface area contributed by atoms with Gasteiger partial charge in [-0.3, -0.25) is 0 Å². The Balaban J connectivity index is 3.54. The normalized spacial score (nSPS) is 10.9. The summed E-state index contributed by atoms with van der Waals surface area (Å²) in [5, 5.41) is 0. The van der Waals surface area contributed by atoms with Crippen molar-refractivity contribution in [1.82, 2.24) is 4.90 Å². The third kappa shape index (κ3) is 6.26. The summed E-state index contributed by atoms with van der Waals surface area (Å²) in [7, 11) is 0. The minimum Gasteiger partial charge on any atom is -0.378 e. The third-order valence-electron chi connectivity index (χ3n) is 1.96. The van der Waals surface area contributed by atoms with Crippen LogP contribution in [-0.4, -0.2) is 18.0 Å². The molecule has 0 radical (unpaired) electrons. The van der Waals surface area contributed by atoms with E-state index in [1.54, 1.807) is 0 Å². The molecule has 0 spiro atoms. The van der Waals surface area contributed by atoms with E-state index in [1.165, 1.54) is 38.8 Å². The van der Waals surface area contributed by atoms with Crippen LogP contribution in [-0.2, 0) is 0 Å². The largest absolute Gasteiger partial charge is 0.378 e. The fourth-order valence-electron chi connectivity index (χ4n) is 1.19. The van der Waals surface area contributed by atoms with Crippen LogP contribution < -0.4 is 0 Å². The van der Waals surface area contributed by atoms with Crippen molar-refractivity contribution in [3.63, 3.8) is 0 Å². The van der Waals surface area contributed by atoms with Crippen LogP contribution in [0.5, 0.6) is 0 Å². The maximum absolute atomic E-state index is 2.42. The summed E-state index contributed by atoms with van der Waals surface area (Å²) in [5.74, 6) is 0. The summed E-state index contributed by atoms with van der Waals surface area (Å²) in [6.45, 7) is 9.02. The number of nitrogens with zero attached hydrogens (tertiary/aromatic N) is 1. The Labute approximate surface area is 77.5 Å². The highest BCUT2D eigenvalue weighted by molar-refractivity contribution is 4.78. The first kappa shape index (κ1) is 11.5. The second-order valence-electron chi connectivity index (χ2n) is 3.23. The predicted octanol–water partition coefficient (Wildman–Crippen LogP) is 3.42. The van der Waals surface area contributed by atoms with E-state index < -0.39 is 0 Å². The first-order chi connectivity index (χ1) is 5.85.